The second-order valence-electron chi connectivity index (χ2n) is 6.62. The van der Waals surface area contributed by atoms with E-state index in [1.54, 1.807) is 17.5 Å². The van der Waals surface area contributed by atoms with Crippen LogP contribution in [0, 0.1) is 13.8 Å². The predicted molar refractivity (Wildman–Crippen MR) is 116 cm³/mol. The summed E-state index contributed by atoms with van der Waals surface area (Å²) >= 11 is 1.63. The van der Waals surface area contributed by atoms with Gasteiger partial charge in [0.25, 0.3) is 0 Å². The van der Waals surface area contributed by atoms with Crippen LogP contribution in [0.4, 0.5) is 17.3 Å². The highest BCUT2D eigenvalue weighted by molar-refractivity contribution is 7.15. The summed E-state index contributed by atoms with van der Waals surface area (Å²) in [6.45, 7) is 4.90. The molecule has 0 radical (unpaired) electrons. The van der Waals surface area contributed by atoms with Crippen LogP contribution < -0.4 is 10.6 Å². The molecule has 0 bridgehead atoms. The Bertz CT molecular complexity index is 1050. The molecule has 4 aromatic rings. The van der Waals surface area contributed by atoms with Crippen LogP contribution in [0.25, 0.3) is 10.7 Å². The van der Waals surface area contributed by atoms with Crippen LogP contribution in [-0.2, 0) is 6.54 Å². The lowest BCUT2D eigenvalue weighted by atomic mass is 10.1. The number of hydrogen-bond acceptors (Lipinski definition) is 6. The van der Waals surface area contributed by atoms with Crippen molar-refractivity contribution in [2.24, 2.45) is 0 Å². The topological polar surface area (TPSA) is 62.7 Å². The SMILES string of the molecule is Cc1cc(C)cc(Nc2nccc(-c3ncc(CNc4ccccc4)s3)n2)c1. The van der Waals surface area contributed by atoms with Crippen LogP contribution in [0.15, 0.2) is 67.0 Å². The van der Waals surface area contributed by atoms with Crippen molar-refractivity contribution in [1.29, 1.82) is 0 Å². The van der Waals surface area contributed by atoms with Crippen molar-refractivity contribution in [3.8, 4) is 10.7 Å². The summed E-state index contributed by atoms with van der Waals surface area (Å²) in [6, 6.07) is 18.4. The first-order valence-electron chi connectivity index (χ1n) is 9.08. The first kappa shape index (κ1) is 18.1. The zero-order valence-corrected chi connectivity index (χ0v) is 16.6. The van der Waals surface area contributed by atoms with E-state index < -0.39 is 0 Å². The number of nitrogens with one attached hydrogen (secondary N) is 2. The van der Waals surface area contributed by atoms with E-state index in [2.05, 4.69) is 69.8 Å². The van der Waals surface area contributed by atoms with Gasteiger partial charge in [0, 0.05) is 28.6 Å². The fourth-order valence-electron chi connectivity index (χ4n) is 2.97. The number of thiazole rings is 1. The largest absolute Gasteiger partial charge is 0.380 e. The van der Waals surface area contributed by atoms with Crippen LogP contribution in [0.2, 0.25) is 0 Å². The number of para-hydroxylation sites is 1. The van der Waals surface area contributed by atoms with E-state index in [4.69, 9.17) is 0 Å². The molecule has 2 heterocycles. The summed E-state index contributed by atoms with van der Waals surface area (Å²) < 4.78 is 0. The maximum atomic E-state index is 4.63. The molecule has 6 heteroatoms. The lowest BCUT2D eigenvalue weighted by Crippen LogP contribution is -1.98. The Morgan fingerprint density at radius 2 is 1.68 bits per heavy atom. The molecule has 0 amide bonds. The highest BCUT2D eigenvalue weighted by atomic mass is 32.1. The van der Waals surface area contributed by atoms with Crippen molar-refractivity contribution in [2.45, 2.75) is 20.4 Å². The quantitative estimate of drug-likeness (QED) is 0.453. The minimum atomic E-state index is 0.571. The Balaban J connectivity index is 1.47. The molecule has 0 aliphatic rings. The number of rotatable bonds is 6. The van der Waals surface area contributed by atoms with Crippen molar-refractivity contribution >= 4 is 28.7 Å². The summed E-state index contributed by atoms with van der Waals surface area (Å²) in [4.78, 5) is 14.7. The third kappa shape index (κ3) is 4.53. The first-order valence-corrected chi connectivity index (χ1v) is 9.90. The summed E-state index contributed by atoms with van der Waals surface area (Å²) in [6.07, 6.45) is 3.66. The minimum Gasteiger partial charge on any atom is -0.380 e. The standard InChI is InChI=1S/C22H21N5S/c1-15-10-16(2)12-18(11-15)26-22-23-9-8-20(27-22)21-25-14-19(28-21)13-24-17-6-4-3-5-7-17/h3-12,14,24H,13H2,1-2H3,(H,23,26,27). The van der Waals surface area contributed by atoms with E-state index in [0.29, 0.717) is 5.95 Å². The van der Waals surface area contributed by atoms with E-state index in [-0.39, 0.29) is 0 Å². The monoisotopic (exact) mass is 387 g/mol. The highest BCUT2D eigenvalue weighted by Crippen LogP contribution is 2.25. The maximum Gasteiger partial charge on any atom is 0.227 e. The number of aryl methyl sites for hydroxylation is 2. The molecule has 0 aliphatic carbocycles. The predicted octanol–water partition coefficient (Wildman–Crippen LogP) is 5.57. The number of hydrogen-bond donors (Lipinski definition) is 2. The van der Waals surface area contributed by atoms with Gasteiger partial charge in [0.1, 0.15) is 10.7 Å². The third-order valence-corrected chi connectivity index (χ3v) is 5.17. The van der Waals surface area contributed by atoms with E-state index in [1.165, 1.54) is 11.1 Å². The van der Waals surface area contributed by atoms with Gasteiger partial charge in [-0.2, -0.15) is 0 Å². The molecule has 0 aliphatic heterocycles. The zero-order chi connectivity index (χ0) is 19.3. The van der Waals surface area contributed by atoms with Crippen LogP contribution in [-0.4, -0.2) is 15.0 Å². The van der Waals surface area contributed by atoms with Crippen molar-refractivity contribution in [3.05, 3.63) is 83.0 Å². The van der Waals surface area contributed by atoms with Crippen LogP contribution in [0.5, 0.6) is 0 Å². The molecule has 0 unspecified atom stereocenters. The molecule has 2 aromatic heterocycles. The van der Waals surface area contributed by atoms with Gasteiger partial charge in [-0.1, -0.05) is 24.3 Å². The molecule has 2 N–H and O–H groups in total. The molecule has 0 saturated heterocycles. The Labute approximate surface area is 168 Å². The Kier molecular flexibility index (Phi) is 5.30. The first-order chi connectivity index (χ1) is 13.7. The second kappa shape index (κ2) is 8.19. The van der Waals surface area contributed by atoms with E-state index >= 15 is 0 Å². The lowest BCUT2D eigenvalue weighted by Gasteiger charge is -2.07. The molecule has 5 nitrogen and oxygen atoms in total. The van der Waals surface area contributed by atoms with Gasteiger partial charge < -0.3 is 10.6 Å². The number of anilines is 3. The number of aromatic nitrogens is 3. The molecular weight excluding hydrogens is 366 g/mol. The average molecular weight is 388 g/mol. The van der Waals surface area contributed by atoms with Crippen molar-refractivity contribution in [1.82, 2.24) is 15.0 Å². The van der Waals surface area contributed by atoms with Gasteiger partial charge in [-0.15, -0.1) is 11.3 Å². The fraction of sp³-hybridized carbons (Fsp3) is 0.136. The van der Waals surface area contributed by atoms with Gasteiger partial charge in [-0.3, -0.25) is 0 Å². The summed E-state index contributed by atoms with van der Waals surface area (Å²) in [5.41, 5.74) is 5.31. The molecule has 140 valence electrons. The fourth-order valence-corrected chi connectivity index (χ4v) is 3.79. The maximum absolute atomic E-state index is 4.63. The molecule has 2 aromatic carbocycles. The summed E-state index contributed by atoms with van der Waals surface area (Å²) in [5.74, 6) is 0.571. The molecule has 28 heavy (non-hydrogen) atoms. The minimum absolute atomic E-state index is 0.571. The van der Waals surface area contributed by atoms with Crippen molar-refractivity contribution in [3.63, 3.8) is 0 Å². The van der Waals surface area contributed by atoms with Gasteiger partial charge in [0.15, 0.2) is 0 Å². The Hall–Kier alpha value is -3.25. The van der Waals surface area contributed by atoms with Gasteiger partial charge in [0.05, 0.1) is 6.54 Å². The van der Waals surface area contributed by atoms with E-state index in [9.17, 15) is 0 Å². The molecule has 0 atom stereocenters. The zero-order valence-electron chi connectivity index (χ0n) is 15.8. The lowest BCUT2D eigenvalue weighted by molar-refractivity contribution is 1.15. The Morgan fingerprint density at radius 3 is 2.46 bits per heavy atom. The van der Waals surface area contributed by atoms with Gasteiger partial charge >= 0.3 is 0 Å². The Morgan fingerprint density at radius 1 is 0.893 bits per heavy atom. The smallest absolute Gasteiger partial charge is 0.227 e. The molecule has 0 fully saturated rings. The van der Waals surface area contributed by atoms with Crippen LogP contribution >= 0.6 is 11.3 Å². The van der Waals surface area contributed by atoms with E-state index in [0.717, 1.165) is 33.5 Å². The number of nitrogens with zero attached hydrogens (tertiary/aromatic N) is 3. The van der Waals surface area contributed by atoms with Gasteiger partial charge in [0.2, 0.25) is 5.95 Å². The van der Waals surface area contributed by atoms with Crippen LogP contribution in [0.3, 0.4) is 0 Å². The molecule has 4 rings (SSSR count). The van der Waals surface area contributed by atoms with E-state index in [1.807, 2.05) is 30.5 Å². The van der Waals surface area contributed by atoms with Crippen LogP contribution in [0.1, 0.15) is 16.0 Å². The third-order valence-electron chi connectivity index (χ3n) is 4.15. The summed E-state index contributed by atoms with van der Waals surface area (Å²) in [7, 11) is 0. The van der Waals surface area contributed by atoms with Crippen molar-refractivity contribution in [2.75, 3.05) is 10.6 Å². The molecular formula is C22H21N5S. The highest BCUT2D eigenvalue weighted by Gasteiger charge is 2.08. The normalized spacial score (nSPS) is 10.6. The number of benzene rings is 2. The van der Waals surface area contributed by atoms with Gasteiger partial charge in [-0.05, 0) is 55.3 Å². The van der Waals surface area contributed by atoms with Crippen molar-refractivity contribution < 1.29 is 0 Å². The molecule has 0 saturated carbocycles. The van der Waals surface area contributed by atoms with Gasteiger partial charge in [-0.25, -0.2) is 15.0 Å². The average Bonchev–Trinajstić information content (AvgIpc) is 3.16. The molecule has 0 spiro atoms. The summed E-state index contributed by atoms with van der Waals surface area (Å²) in [5, 5.41) is 7.58. The second-order valence-corrected chi connectivity index (χ2v) is 7.73.